The van der Waals surface area contributed by atoms with E-state index in [-0.39, 0.29) is 31.2 Å². The summed E-state index contributed by atoms with van der Waals surface area (Å²) in [4.78, 5) is 31.4. The number of oxazole rings is 1. The molecule has 0 unspecified atom stereocenters. The Bertz CT molecular complexity index is 1320. The van der Waals surface area contributed by atoms with Gasteiger partial charge in [0.05, 0.1) is 24.0 Å². The average molecular weight is 471 g/mol. The molecular weight excluding hydrogens is 447 g/mol. The van der Waals surface area contributed by atoms with Crippen LogP contribution in [0.1, 0.15) is 23.4 Å². The highest BCUT2D eigenvalue weighted by Crippen LogP contribution is 2.36. The number of aryl methyl sites for hydroxylation is 3. The Kier molecular flexibility index (Phi) is 6.39. The van der Waals surface area contributed by atoms with Crippen molar-refractivity contribution in [3.05, 3.63) is 102 Å². The number of esters is 1. The van der Waals surface area contributed by atoms with E-state index >= 15 is 0 Å². The van der Waals surface area contributed by atoms with E-state index in [1.54, 1.807) is 17.0 Å². The second kappa shape index (κ2) is 9.93. The smallest absolute Gasteiger partial charge is 0.306 e. The van der Waals surface area contributed by atoms with Gasteiger partial charge in [0.25, 0.3) is 5.91 Å². The molecule has 4 aromatic rings. The first-order valence-corrected chi connectivity index (χ1v) is 11.4. The monoisotopic (exact) mass is 470 g/mol. The minimum Gasteiger partial charge on any atom is -0.456 e. The number of anilines is 2. The van der Waals surface area contributed by atoms with E-state index in [9.17, 15) is 14.0 Å². The summed E-state index contributed by atoms with van der Waals surface area (Å²) in [6.45, 7) is -0.367. The van der Waals surface area contributed by atoms with Crippen LogP contribution in [0.2, 0.25) is 0 Å². The molecule has 5 rings (SSSR count). The average Bonchev–Trinajstić information content (AvgIpc) is 3.29. The minimum absolute atomic E-state index is 0.0177. The Morgan fingerprint density at radius 1 is 0.914 bits per heavy atom. The number of benzene rings is 3. The fraction of sp³-hybridized carbons (Fsp3) is 0.179. The zero-order valence-electron chi connectivity index (χ0n) is 18.9. The minimum atomic E-state index is -0.517. The van der Waals surface area contributed by atoms with Crippen LogP contribution in [0.4, 0.5) is 15.8 Å². The maximum absolute atomic E-state index is 13.2. The first-order valence-electron chi connectivity index (χ1n) is 11.4. The van der Waals surface area contributed by atoms with Crippen molar-refractivity contribution in [2.75, 3.05) is 11.5 Å². The summed E-state index contributed by atoms with van der Waals surface area (Å²) in [7, 11) is 0. The highest BCUT2D eigenvalue weighted by molar-refractivity contribution is 6.03. The zero-order valence-corrected chi connectivity index (χ0v) is 18.9. The molecule has 1 aromatic heterocycles. The molecule has 0 fully saturated rings. The lowest BCUT2D eigenvalue weighted by Gasteiger charge is -2.24. The number of amides is 1. The Morgan fingerprint density at radius 2 is 1.54 bits per heavy atom. The van der Waals surface area contributed by atoms with Gasteiger partial charge in [-0.05, 0) is 60.4 Å². The number of nitrogens with zero attached hydrogens (tertiary/aromatic N) is 2. The Morgan fingerprint density at radius 3 is 2.20 bits per heavy atom. The maximum atomic E-state index is 13.2. The van der Waals surface area contributed by atoms with Gasteiger partial charge >= 0.3 is 5.97 Å². The van der Waals surface area contributed by atoms with E-state index in [0.29, 0.717) is 17.2 Å². The van der Waals surface area contributed by atoms with Crippen LogP contribution in [0.5, 0.6) is 0 Å². The lowest BCUT2D eigenvalue weighted by Crippen LogP contribution is -2.31. The van der Waals surface area contributed by atoms with E-state index in [1.165, 1.54) is 18.3 Å². The summed E-state index contributed by atoms with van der Waals surface area (Å²) in [5.41, 5.74) is 4.46. The fourth-order valence-corrected chi connectivity index (χ4v) is 4.21. The maximum Gasteiger partial charge on any atom is 0.306 e. The van der Waals surface area contributed by atoms with Gasteiger partial charge in [-0.15, -0.1) is 0 Å². The van der Waals surface area contributed by atoms with Crippen LogP contribution >= 0.6 is 0 Å². The van der Waals surface area contributed by atoms with Crippen molar-refractivity contribution in [1.82, 2.24) is 4.98 Å². The van der Waals surface area contributed by atoms with Crippen molar-refractivity contribution < 1.29 is 23.1 Å². The predicted molar refractivity (Wildman–Crippen MR) is 129 cm³/mol. The van der Waals surface area contributed by atoms with Crippen molar-refractivity contribution >= 4 is 23.3 Å². The van der Waals surface area contributed by atoms with Gasteiger partial charge in [-0.3, -0.25) is 14.5 Å². The first-order chi connectivity index (χ1) is 17.1. The van der Waals surface area contributed by atoms with Crippen molar-refractivity contribution in [2.45, 2.75) is 25.7 Å². The molecule has 1 aliphatic rings. The Hall–Kier alpha value is -4.26. The van der Waals surface area contributed by atoms with Crippen molar-refractivity contribution in [1.29, 1.82) is 0 Å². The number of rotatable bonds is 6. The summed E-state index contributed by atoms with van der Waals surface area (Å²) in [5, 5.41) is 0. The molecule has 6 nitrogen and oxygen atoms in total. The first kappa shape index (κ1) is 22.5. The highest BCUT2D eigenvalue weighted by atomic mass is 19.1. The van der Waals surface area contributed by atoms with Crippen LogP contribution in [0.3, 0.4) is 0 Å². The number of carbonyl (C=O) groups is 2. The molecule has 0 N–H and O–H groups in total. The van der Waals surface area contributed by atoms with Crippen LogP contribution in [-0.2, 0) is 33.6 Å². The molecule has 1 aliphatic heterocycles. The normalized spacial score (nSPS) is 12.4. The van der Waals surface area contributed by atoms with Crippen molar-refractivity contribution in [3.8, 4) is 11.3 Å². The summed E-state index contributed by atoms with van der Waals surface area (Å²) in [6.07, 6.45) is 3.43. The molecule has 7 heteroatoms. The molecule has 0 saturated carbocycles. The van der Waals surface area contributed by atoms with Crippen molar-refractivity contribution in [3.63, 3.8) is 0 Å². The number of hydrogen-bond acceptors (Lipinski definition) is 5. The van der Waals surface area contributed by atoms with Crippen LogP contribution in [-0.4, -0.2) is 23.5 Å². The van der Waals surface area contributed by atoms with Gasteiger partial charge in [-0.25, -0.2) is 9.37 Å². The van der Waals surface area contributed by atoms with Crippen LogP contribution in [0.15, 0.2) is 83.4 Å². The largest absolute Gasteiger partial charge is 0.456 e. The van der Waals surface area contributed by atoms with E-state index in [1.807, 2.05) is 48.5 Å². The molecule has 35 heavy (non-hydrogen) atoms. The summed E-state index contributed by atoms with van der Waals surface area (Å²) >= 11 is 0. The molecule has 1 amide bonds. The Labute approximate surface area is 202 Å². The number of carbonyl (C=O) groups excluding carboxylic acids is 2. The predicted octanol–water partition coefficient (Wildman–Crippen LogP) is 5.42. The van der Waals surface area contributed by atoms with Gasteiger partial charge in [0.15, 0.2) is 18.3 Å². The zero-order chi connectivity index (χ0) is 24.2. The molecule has 176 valence electrons. The van der Waals surface area contributed by atoms with E-state index < -0.39 is 5.97 Å². The topological polar surface area (TPSA) is 72.6 Å². The molecule has 2 heterocycles. The lowest BCUT2D eigenvalue weighted by atomic mass is 10.0. The molecule has 0 radical (unpaired) electrons. The third-order valence-corrected chi connectivity index (χ3v) is 5.96. The third-order valence-electron chi connectivity index (χ3n) is 5.96. The fourth-order valence-electron chi connectivity index (χ4n) is 4.21. The van der Waals surface area contributed by atoms with Gasteiger partial charge in [0, 0.05) is 12.0 Å². The molecular formula is C28H23FN2O4. The number of hydrogen-bond donors (Lipinski definition) is 0. The molecule has 0 atom stereocenters. The molecule has 0 bridgehead atoms. The summed E-state index contributed by atoms with van der Waals surface area (Å²) in [5.74, 6) is -0.311. The van der Waals surface area contributed by atoms with Crippen molar-refractivity contribution in [2.24, 2.45) is 0 Å². The standard InChI is InChI=1S/C28H23FN2O4/c29-22-13-11-21(12-14-22)25-17-30-26(35-25)15-16-28(33)34-18-27(32)31-23-7-3-1-5-19(23)9-10-20-6-2-4-8-24(20)31/h1-8,11-14,17H,9-10,15-16,18H2. The molecule has 0 spiro atoms. The second-order valence-electron chi connectivity index (χ2n) is 8.27. The quantitative estimate of drug-likeness (QED) is 0.352. The summed E-state index contributed by atoms with van der Waals surface area (Å²) < 4.78 is 24.1. The number of halogens is 1. The summed E-state index contributed by atoms with van der Waals surface area (Å²) in [6, 6.07) is 21.5. The van der Waals surface area contributed by atoms with E-state index in [4.69, 9.17) is 9.15 Å². The van der Waals surface area contributed by atoms with Crippen LogP contribution in [0, 0.1) is 5.82 Å². The van der Waals surface area contributed by atoms with Gasteiger partial charge in [-0.1, -0.05) is 36.4 Å². The van der Waals surface area contributed by atoms with Gasteiger partial charge in [0.1, 0.15) is 5.82 Å². The van der Waals surface area contributed by atoms with Gasteiger partial charge < -0.3 is 9.15 Å². The van der Waals surface area contributed by atoms with Crippen LogP contribution in [0.25, 0.3) is 11.3 Å². The molecule has 0 aliphatic carbocycles. The molecule has 0 saturated heterocycles. The van der Waals surface area contributed by atoms with Gasteiger partial charge in [-0.2, -0.15) is 0 Å². The molecule has 3 aromatic carbocycles. The number of fused-ring (bicyclic) bond motifs is 2. The third kappa shape index (κ3) is 4.99. The number of para-hydroxylation sites is 2. The highest BCUT2D eigenvalue weighted by Gasteiger charge is 2.26. The number of aromatic nitrogens is 1. The van der Waals surface area contributed by atoms with Crippen LogP contribution < -0.4 is 4.90 Å². The Balaban J connectivity index is 1.22. The lowest BCUT2D eigenvalue weighted by molar-refractivity contribution is -0.147. The number of ether oxygens (including phenoxy) is 1. The van der Waals surface area contributed by atoms with E-state index in [0.717, 1.165) is 35.3 Å². The van der Waals surface area contributed by atoms with E-state index in [2.05, 4.69) is 4.98 Å². The van der Waals surface area contributed by atoms with Gasteiger partial charge in [0.2, 0.25) is 0 Å². The SMILES string of the molecule is O=C(CCc1ncc(-c2ccc(F)cc2)o1)OCC(=O)N1c2ccccc2CCc2ccccc21. The second-order valence-corrected chi connectivity index (χ2v) is 8.27.